The zero-order chi connectivity index (χ0) is 31.8. The quantitative estimate of drug-likeness (QED) is 0.287. The molecule has 2 N–H and O–H groups in total. The van der Waals surface area contributed by atoms with E-state index in [4.69, 9.17) is 0 Å². The Morgan fingerprint density at radius 2 is 1.64 bits per heavy atom. The maximum atomic E-state index is 14.1. The number of rotatable bonds is 11. The average molecular weight is 610 g/mol. The summed E-state index contributed by atoms with van der Waals surface area (Å²) in [6, 6.07) is 24.8. The first-order chi connectivity index (χ1) is 21.8. The minimum Gasteiger partial charge on any atom is -0.395 e. The number of benzene rings is 3. The molecule has 1 saturated heterocycles. The van der Waals surface area contributed by atoms with E-state index in [0.29, 0.717) is 43.0 Å². The lowest BCUT2D eigenvalue weighted by molar-refractivity contribution is -0.139. The van der Waals surface area contributed by atoms with Crippen LogP contribution in [0.2, 0.25) is 0 Å². The van der Waals surface area contributed by atoms with Crippen molar-refractivity contribution in [2.45, 2.75) is 64.1 Å². The Labute approximate surface area is 265 Å². The molecule has 236 valence electrons. The van der Waals surface area contributed by atoms with Crippen LogP contribution in [-0.4, -0.2) is 52.5 Å². The average Bonchev–Trinajstić information content (AvgIpc) is 3.25. The van der Waals surface area contributed by atoms with E-state index in [1.807, 2.05) is 72.8 Å². The van der Waals surface area contributed by atoms with Gasteiger partial charge in [-0.1, -0.05) is 92.6 Å². The molecule has 0 bridgehead atoms. The maximum absolute atomic E-state index is 14.1. The molecule has 45 heavy (non-hydrogen) atoms. The summed E-state index contributed by atoms with van der Waals surface area (Å²) in [7, 11) is 0. The summed E-state index contributed by atoms with van der Waals surface area (Å²) in [5.41, 5.74) is 1.76. The molecule has 3 amide bonds. The van der Waals surface area contributed by atoms with Crippen molar-refractivity contribution in [1.29, 1.82) is 0 Å². The summed E-state index contributed by atoms with van der Waals surface area (Å²) in [4.78, 5) is 45.3. The third kappa shape index (κ3) is 7.18. The van der Waals surface area contributed by atoms with Crippen molar-refractivity contribution >= 4 is 29.1 Å². The number of hydrogen-bond acceptors (Lipinski definition) is 5. The van der Waals surface area contributed by atoms with Crippen molar-refractivity contribution < 1.29 is 24.6 Å². The van der Waals surface area contributed by atoms with E-state index in [1.54, 1.807) is 39.8 Å². The Hall–Kier alpha value is -4.27. The van der Waals surface area contributed by atoms with Crippen LogP contribution in [-0.2, 0) is 33.1 Å². The van der Waals surface area contributed by atoms with E-state index >= 15 is 0 Å². The maximum Gasteiger partial charge on any atom is 0.264 e. The molecule has 3 aromatic rings. The standard InChI is InChI=1S/C37H43N3O5/c1-28(13-12-19-34(42)38(23-24-41)26-29-14-6-4-7-15-29)37(45)32-25-31(39-22-11-3-2-10-18-35(39)43)20-21-33(32)40(36(37)44)27-30-16-8-5-9-17-30/h4-9,12-17,20-21,25,28,41,45H,2-3,10-11,18-19,22-24,26-27H2,1H3/b13-12+/t28-,37+/m0/s1. The molecule has 0 unspecified atom stereocenters. The summed E-state index contributed by atoms with van der Waals surface area (Å²) in [5.74, 6) is -1.22. The van der Waals surface area contributed by atoms with Gasteiger partial charge in [-0.05, 0) is 42.2 Å². The van der Waals surface area contributed by atoms with Crippen molar-refractivity contribution in [2.75, 3.05) is 29.5 Å². The van der Waals surface area contributed by atoms with Gasteiger partial charge in [-0.15, -0.1) is 0 Å². The molecule has 0 aromatic heterocycles. The van der Waals surface area contributed by atoms with Crippen molar-refractivity contribution in [3.05, 3.63) is 108 Å². The van der Waals surface area contributed by atoms with Gasteiger partial charge in [0, 0.05) is 49.6 Å². The molecule has 0 aliphatic carbocycles. The molecule has 2 heterocycles. The van der Waals surface area contributed by atoms with E-state index in [-0.39, 0.29) is 31.4 Å². The van der Waals surface area contributed by atoms with Gasteiger partial charge in [0.2, 0.25) is 11.8 Å². The fourth-order valence-corrected chi connectivity index (χ4v) is 6.32. The largest absolute Gasteiger partial charge is 0.395 e. The number of hydrogen-bond donors (Lipinski definition) is 2. The lowest BCUT2D eigenvalue weighted by Gasteiger charge is -2.29. The number of fused-ring (bicyclic) bond motifs is 1. The molecule has 0 radical (unpaired) electrons. The molecule has 3 aromatic carbocycles. The number of nitrogens with zero attached hydrogens (tertiary/aromatic N) is 3. The zero-order valence-electron chi connectivity index (χ0n) is 26.0. The molecule has 0 spiro atoms. The first kappa shape index (κ1) is 32.1. The van der Waals surface area contributed by atoms with E-state index in [2.05, 4.69) is 0 Å². The van der Waals surface area contributed by atoms with Gasteiger partial charge in [0.25, 0.3) is 5.91 Å². The lowest BCUT2D eigenvalue weighted by Crippen LogP contribution is -2.44. The number of amides is 3. The first-order valence-corrected chi connectivity index (χ1v) is 15.9. The van der Waals surface area contributed by atoms with Crippen molar-refractivity contribution in [3.8, 4) is 0 Å². The topological polar surface area (TPSA) is 101 Å². The van der Waals surface area contributed by atoms with Gasteiger partial charge in [-0.2, -0.15) is 0 Å². The van der Waals surface area contributed by atoms with Crippen LogP contribution in [0.3, 0.4) is 0 Å². The Morgan fingerprint density at radius 3 is 2.36 bits per heavy atom. The predicted octanol–water partition coefficient (Wildman–Crippen LogP) is 5.32. The van der Waals surface area contributed by atoms with Crippen LogP contribution in [0.5, 0.6) is 0 Å². The Kier molecular flexibility index (Phi) is 10.5. The molecule has 2 atom stereocenters. The highest BCUT2D eigenvalue weighted by molar-refractivity contribution is 6.08. The number of aliphatic hydroxyl groups is 2. The molecule has 0 saturated carbocycles. The Balaban J connectivity index is 1.41. The van der Waals surface area contributed by atoms with Crippen molar-refractivity contribution in [3.63, 3.8) is 0 Å². The van der Waals surface area contributed by atoms with E-state index in [0.717, 1.165) is 36.8 Å². The Bertz CT molecular complexity index is 1510. The monoisotopic (exact) mass is 609 g/mol. The van der Waals surface area contributed by atoms with Crippen LogP contribution in [0, 0.1) is 5.92 Å². The van der Waals surface area contributed by atoms with Crippen LogP contribution >= 0.6 is 0 Å². The third-order valence-electron chi connectivity index (χ3n) is 8.89. The number of carbonyl (C=O) groups is 3. The van der Waals surface area contributed by atoms with Crippen LogP contribution in [0.4, 0.5) is 11.4 Å². The Morgan fingerprint density at radius 1 is 0.956 bits per heavy atom. The number of anilines is 2. The molecule has 5 rings (SSSR count). The summed E-state index contributed by atoms with van der Waals surface area (Å²) in [5, 5.41) is 21.9. The second-order valence-electron chi connectivity index (χ2n) is 12.0. The third-order valence-corrected chi connectivity index (χ3v) is 8.89. The molecule has 8 nitrogen and oxygen atoms in total. The summed E-state index contributed by atoms with van der Waals surface area (Å²) in [6.45, 7) is 3.11. The minimum absolute atomic E-state index is 0.0537. The normalized spacial score (nSPS) is 19.4. The SMILES string of the molecule is C[C@@H](/C=C/CC(=O)N(CCO)Cc1ccccc1)[C@]1(O)C(=O)N(Cc2ccccc2)c2ccc(N3CCCCCCC3=O)cc21. The van der Waals surface area contributed by atoms with Gasteiger partial charge in [0.15, 0.2) is 5.60 Å². The van der Waals surface area contributed by atoms with Crippen LogP contribution in [0.1, 0.15) is 62.1 Å². The molecule has 8 heteroatoms. The van der Waals surface area contributed by atoms with Crippen LogP contribution < -0.4 is 9.80 Å². The van der Waals surface area contributed by atoms with Crippen LogP contribution in [0.25, 0.3) is 0 Å². The summed E-state index contributed by atoms with van der Waals surface area (Å²) in [6.07, 6.45) is 7.81. The fourth-order valence-electron chi connectivity index (χ4n) is 6.32. The zero-order valence-corrected chi connectivity index (χ0v) is 26.0. The van der Waals surface area contributed by atoms with Gasteiger partial charge in [0.1, 0.15) is 0 Å². The molecule has 2 aliphatic rings. The number of carbonyl (C=O) groups excluding carboxylic acids is 3. The van der Waals surface area contributed by atoms with E-state index < -0.39 is 17.4 Å². The minimum atomic E-state index is -1.89. The highest BCUT2D eigenvalue weighted by Crippen LogP contribution is 2.47. The molecule has 1 fully saturated rings. The molecule has 2 aliphatic heterocycles. The number of aliphatic hydroxyl groups excluding tert-OH is 1. The highest BCUT2D eigenvalue weighted by Gasteiger charge is 2.52. The van der Waals surface area contributed by atoms with Gasteiger partial charge < -0.3 is 24.9 Å². The van der Waals surface area contributed by atoms with Crippen molar-refractivity contribution in [1.82, 2.24) is 4.90 Å². The first-order valence-electron chi connectivity index (χ1n) is 15.9. The van der Waals surface area contributed by atoms with Gasteiger partial charge in [-0.25, -0.2) is 0 Å². The van der Waals surface area contributed by atoms with Gasteiger partial charge >= 0.3 is 0 Å². The predicted molar refractivity (Wildman–Crippen MR) is 175 cm³/mol. The molecular formula is C37H43N3O5. The van der Waals surface area contributed by atoms with E-state index in [9.17, 15) is 24.6 Å². The van der Waals surface area contributed by atoms with Gasteiger partial charge in [0.05, 0.1) is 18.8 Å². The van der Waals surface area contributed by atoms with Crippen LogP contribution in [0.15, 0.2) is 91.0 Å². The second kappa shape index (κ2) is 14.7. The second-order valence-corrected chi connectivity index (χ2v) is 12.0. The van der Waals surface area contributed by atoms with Gasteiger partial charge in [-0.3, -0.25) is 14.4 Å². The van der Waals surface area contributed by atoms with Crippen molar-refractivity contribution in [2.24, 2.45) is 5.92 Å². The summed E-state index contributed by atoms with van der Waals surface area (Å²) < 4.78 is 0. The smallest absolute Gasteiger partial charge is 0.264 e. The highest BCUT2D eigenvalue weighted by atomic mass is 16.3. The molecular weight excluding hydrogens is 566 g/mol. The lowest BCUT2D eigenvalue weighted by atomic mass is 9.82. The summed E-state index contributed by atoms with van der Waals surface area (Å²) >= 11 is 0. The fraction of sp³-hybridized carbons (Fsp3) is 0.378. The van der Waals surface area contributed by atoms with E-state index in [1.165, 1.54) is 0 Å².